The van der Waals surface area contributed by atoms with E-state index in [0.29, 0.717) is 5.71 Å². The van der Waals surface area contributed by atoms with Crippen LogP contribution < -0.4 is 11.1 Å². The molecule has 0 bridgehead atoms. The quantitative estimate of drug-likeness (QED) is 0.663. The number of benzene rings is 1. The molecule has 0 saturated heterocycles. The van der Waals surface area contributed by atoms with Crippen LogP contribution in [0.2, 0.25) is 0 Å². The highest BCUT2D eigenvalue weighted by Gasteiger charge is 2.33. The van der Waals surface area contributed by atoms with Crippen molar-refractivity contribution in [2.24, 2.45) is 10.7 Å². The van der Waals surface area contributed by atoms with Gasteiger partial charge in [0.25, 0.3) is 0 Å². The van der Waals surface area contributed by atoms with Crippen LogP contribution >= 0.6 is 0 Å². The summed E-state index contributed by atoms with van der Waals surface area (Å²) in [5.41, 5.74) is 7.02. The Balaban J connectivity index is 2.58. The molecule has 1 aromatic rings. The topological polar surface area (TPSA) is 118 Å². The number of aliphatic hydroxyl groups is 1. The molecule has 21 heavy (non-hydrogen) atoms. The van der Waals surface area contributed by atoms with E-state index in [-0.39, 0.29) is 17.0 Å². The predicted octanol–water partition coefficient (Wildman–Crippen LogP) is 0.998. The van der Waals surface area contributed by atoms with Gasteiger partial charge >= 0.3 is 0 Å². The molecular formula is C15H13N5O. The predicted molar refractivity (Wildman–Crippen MR) is 78.1 cm³/mol. The fraction of sp³-hybridized carbons (Fsp3) is 0.133. The maximum Gasteiger partial charge on any atom is 0.220 e. The standard InChI is InChI=1S/C15H13N5O/c1-10-12(7-11-5-3-2-4-6-11)15(18,21)20-14(9-17)13(8-16)19-10/h2-7,20-21H,18H2,1H3. The fourth-order valence-corrected chi connectivity index (χ4v) is 1.97. The first-order chi connectivity index (χ1) is 9.97. The van der Waals surface area contributed by atoms with Crippen LogP contribution in [0.25, 0.3) is 6.08 Å². The lowest BCUT2D eigenvalue weighted by atomic mass is 10.0. The van der Waals surface area contributed by atoms with E-state index in [1.54, 1.807) is 19.1 Å². The van der Waals surface area contributed by atoms with Gasteiger partial charge in [-0.05, 0) is 18.6 Å². The monoisotopic (exact) mass is 279 g/mol. The molecule has 4 N–H and O–H groups in total. The molecule has 1 atom stereocenters. The number of allylic oxidation sites excluding steroid dienone is 2. The molecule has 1 aliphatic heterocycles. The van der Waals surface area contributed by atoms with Crippen LogP contribution in [0.5, 0.6) is 0 Å². The number of hydrogen-bond donors (Lipinski definition) is 3. The Morgan fingerprint density at radius 1 is 1.29 bits per heavy atom. The van der Waals surface area contributed by atoms with Gasteiger partial charge in [0.05, 0.1) is 0 Å². The van der Waals surface area contributed by atoms with E-state index in [0.717, 1.165) is 5.56 Å². The van der Waals surface area contributed by atoms with Crippen LogP contribution in [0.4, 0.5) is 0 Å². The summed E-state index contributed by atoms with van der Waals surface area (Å²) in [4.78, 5) is 4.06. The molecule has 104 valence electrons. The van der Waals surface area contributed by atoms with Crippen LogP contribution in [-0.4, -0.2) is 16.7 Å². The van der Waals surface area contributed by atoms with Gasteiger partial charge in [0.1, 0.15) is 12.1 Å². The molecule has 0 fully saturated rings. The van der Waals surface area contributed by atoms with E-state index in [2.05, 4.69) is 10.3 Å². The van der Waals surface area contributed by atoms with Gasteiger partial charge in [0.2, 0.25) is 5.85 Å². The average molecular weight is 279 g/mol. The number of nitrogens with zero attached hydrogens (tertiary/aromatic N) is 3. The van der Waals surface area contributed by atoms with Crippen molar-refractivity contribution in [1.29, 1.82) is 10.5 Å². The molecule has 1 aromatic carbocycles. The molecule has 0 amide bonds. The highest BCUT2D eigenvalue weighted by atomic mass is 16.3. The summed E-state index contributed by atoms with van der Waals surface area (Å²) in [5.74, 6) is -1.99. The second-order valence-corrected chi connectivity index (χ2v) is 4.50. The SMILES string of the molecule is CC1=NC(C#N)=C(C#N)NC(N)(O)C1=Cc1ccccc1. The maximum atomic E-state index is 10.4. The molecule has 0 spiro atoms. The van der Waals surface area contributed by atoms with Crippen molar-refractivity contribution in [2.45, 2.75) is 12.8 Å². The molecule has 0 radical (unpaired) electrons. The van der Waals surface area contributed by atoms with Crippen LogP contribution in [0, 0.1) is 22.7 Å². The zero-order valence-electron chi connectivity index (χ0n) is 11.3. The average Bonchev–Trinajstić information content (AvgIpc) is 2.57. The van der Waals surface area contributed by atoms with Gasteiger partial charge in [-0.2, -0.15) is 10.5 Å². The van der Waals surface area contributed by atoms with Crippen LogP contribution in [0.15, 0.2) is 52.3 Å². The van der Waals surface area contributed by atoms with E-state index in [1.807, 2.05) is 36.4 Å². The van der Waals surface area contributed by atoms with Crippen molar-refractivity contribution in [3.8, 4) is 12.1 Å². The Morgan fingerprint density at radius 3 is 2.52 bits per heavy atom. The minimum atomic E-state index is -1.99. The van der Waals surface area contributed by atoms with Crippen molar-refractivity contribution >= 4 is 11.8 Å². The number of aliphatic imine (C=N–C) groups is 1. The van der Waals surface area contributed by atoms with E-state index in [4.69, 9.17) is 16.3 Å². The van der Waals surface area contributed by atoms with Crippen molar-refractivity contribution < 1.29 is 5.11 Å². The number of nitrogens with two attached hydrogens (primary N) is 1. The fourth-order valence-electron chi connectivity index (χ4n) is 1.97. The Morgan fingerprint density at radius 2 is 1.95 bits per heavy atom. The third-order valence-electron chi connectivity index (χ3n) is 2.96. The third kappa shape index (κ3) is 2.98. The smallest absolute Gasteiger partial charge is 0.220 e. The van der Waals surface area contributed by atoms with Crippen molar-refractivity contribution in [3.63, 3.8) is 0 Å². The molecule has 0 saturated carbocycles. The first-order valence-corrected chi connectivity index (χ1v) is 6.14. The highest BCUT2D eigenvalue weighted by molar-refractivity contribution is 6.04. The van der Waals surface area contributed by atoms with Crippen molar-refractivity contribution in [1.82, 2.24) is 5.32 Å². The van der Waals surface area contributed by atoms with Crippen LogP contribution in [-0.2, 0) is 0 Å². The van der Waals surface area contributed by atoms with Gasteiger partial charge in [-0.15, -0.1) is 0 Å². The highest BCUT2D eigenvalue weighted by Crippen LogP contribution is 2.22. The summed E-state index contributed by atoms with van der Waals surface area (Å²) in [5, 5.41) is 30.9. The number of rotatable bonds is 1. The van der Waals surface area contributed by atoms with Gasteiger partial charge in [0.15, 0.2) is 11.4 Å². The molecule has 1 unspecified atom stereocenters. The first-order valence-electron chi connectivity index (χ1n) is 6.14. The third-order valence-corrected chi connectivity index (χ3v) is 2.96. The van der Waals surface area contributed by atoms with Crippen molar-refractivity contribution in [3.05, 3.63) is 52.9 Å². The Labute approximate surface area is 122 Å². The summed E-state index contributed by atoms with van der Waals surface area (Å²) in [6.45, 7) is 1.62. The number of nitrogens with one attached hydrogen (secondary N) is 1. The molecule has 1 aliphatic rings. The Bertz CT molecular complexity index is 730. The normalized spacial score (nSPS) is 23.7. The largest absolute Gasteiger partial charge is 0.355 e. The van der Waals surface area contributed by atoms with Gasteiger partial charge in [-0.1, -0.05) is 30.3 Å². The minimum Gasteiger partial charge on any atom is -0.355 e. The lowest BCUT2D eigenvalue weighted by molar-refractivity contribution is 0.0684. The molecule has 1 heterocycles. The summed E-state index contributed by atoms with van der Waals surface area (Å²) < 4.78 is 0. The molecular weight excluding hydrogens is 266 g/mol. The molecule has 2 rings (SSSR count). The van der Waals surface area contributed by atoms with Crippen LogP contribution in [0.1, 0.15) is 12.5 Å². The Hall–Kier alpha value is -2.93. The van der Waals surface area contributed by atoms with E-state index < -0.39 is 5.85 Å². The lowest BCUT2D eigenvalue weighted by Crippen LogP contribution is -2.55. The second-order valence-electron chi connectivity index (χ2n) is 4.50. The van der Waals surface area contributed by atoms with Gasteiger partial charge in [-0.25, -0.2) is 4.99 Å². The zero-order valence-corrected chi connectivity index (χ0v) is 11.3. The summed E-state index contributed by atoms with van der Waals surface area (Å²) >= 11 is 0. The van der Waals surface area contributed by atoms with Crippen molar-refractivity contribution in [2.75, 3.05) is 0 Å². The summed E-state index contributed by atoms with van der Waals surface area (Å²) in [7, 11) is 0. The van der Waals surface area contributed by atoms with Gasteiger partial charge < -0.3 is 10.4 Å². The summed E-state index contributed by atoms with van der Waals surface area (Å²) in [6, 6.07) is 12.8. The molecule has 0 aromatic heterocycles. The minimum absolute atomic E-state index is 0.115. The molecule has 6 heteroatoms. The van der Waals surface area contributed by atoms with E-state index >= 15 is 0 Å². The second kappa shape index (κ2) is 5.59. The van der Waals surface area contributed by atoms with E-state index in [9.17, 15) is 5.11 Å². The Kier molecular flexibility index (Phi) is 3.86. The first kappa shape index (κ1) is 14.5. The molecule has 6 nitrogen and oxygen atoms in total. The summed E-state index contributed by atoms with van der Waals surface area (Å²) in [6.07, 6.45) is 1.65. The zero-order chi connectivity index (χ0) is 15.5. The number of hydrogen-bond acceptors (Lipinski definition) is 6. The van der Waals surface area contributed by atoms with Gasteiger partial charge in [0, 0.05) is 11.3 Å². The van der Waals surface area contributed by atoms with Gasteiger partial charge in [-0.3, -0.25) is 5.73 Å². The molecule has 0 aliphatic carbocycles. The number of nitriles is 2. The van der Waals surface area contributed by atoms with E-state index in [1.165, 1.54) is 0 Å². The lowest BCUT2D eigenvalue weighted by Gasteiger charge is -2.26. The van der Waals surface area contributed by atoms with Crippen LogP contribution in [0.3, 0.4) is 0 Å². The maximum absolute atomic E-state index is 10.4.